The zero-order chi connectivity index (χ0) is 58.2. The summed E-state index contributed by atoms with van der Waals surface area (Å²) in [6.45, 7) is 25.2. The number of nitrogens with one attached hydrogen (secondary N) is 2. The van der Waals surface area contributed by atoms with Crippen molar-refractivity contribution in [2.24, 2.45) is 39.6 Å². The molecule has 78 heavy (non-hydrogen) atoms. The third-order valence-electron chi connectivity index (χ3n) is 15.4. The van der Waals surface area contributed by atoms with E-state index in [1.165, 1.54) is 13.2 Å². The zero-order valence-corrected chi connectivity index (χ0v) is 48.1. The molecule has 3 unspecified atom stereocenters. The van der Waals surface area contributed by atoms with Crippen molar-refractivity contribution in [1.29, 1.82) is 0 Å². The molecule has 0 radical (unpaired) electrons. The highest BCUT2D eigenvalue weighted by Crippen LogP contribution is 2.50. The number of phenols is 2. The SMILES string of the molecule is CC(C)(C)OC=O.CNC1CCN(C(=O)CC(=O)OC2[C@H](C)C(O)[C@H](C)[C@@H](O)[C@@H](C)/C=C/C=C(/C)C(=O)Nc3c(O)c4c(O)c(C)c5c(c4c4c3=NC3(CCN(CC(C)C)CC3)N=4)C(=O)C(C)(O/C=C/C[C@H]2C)O5)CC1.CO. The van der Waals surface area contributed by atoms with Crippen LogP contribution in [0, 0.1) is 36.5 Å². The van der Waals surface area contributed by atoms with Crippen LogP contribution < -0.4 is 26.1 Å². The lowest BCUT2D eigenvalue weighted by Crippen LogP contribution is -2.46. The van der Waals surface area contributed by atoms with E-state index in [2.05, 4.69) is 34.1 Å². The van der Waals surface area contributed by atoms with Crippen LogP contribution in [0.5, 0.6) is 17.2 Å². The Morgan fingerprint density at radius 1 is 0.949 bits per heavy atom. The van der Waals surface area contributed by atoms with Gasteiger partial charge in [-0.2, -0.15) is 0 Å². The van der Waals surface area contributed by atoms with E-state index < -0.39 is 83.3 Å². The molecule has 2 aromatic carbocycles. The van der Waals surface area contributed by atoms with Crippen molar-refractivity contribution >= 4 is 46.5 Å². The molecule has 6 heterocycles. The number of hydrogen-bond donors (Lipinski definition) is 7. The molecule has 432 valence electrons. The quantitative estimate of drug-likeness (QED) is 0.0805. The number of hydrogen-bond acceptors (Lipinski definition) is 18. The molecular formula is C58H86N6O14. The van der Waals surface area contributed by atoms with Gasteiger partial charge in [-0.25, -0.2) is 0 Å². The Labute approximate surface area is 458 Å². The number of likely N-dealkylation sites (tertiary alicyclic amines) is 2. The third-order valence-corrected chi connectivity index (χ3v) is 15.4. The van der Waals surface area contributed by atoms with Crippen molar-refractivity contribution in [1.82, 2.24) is 15.1 Å². The summed E-state index contributed by atoms with van der Waals surface area (Å²) in [4.78, 5) is 79.6. The van der Waals surface area contributed by atoms with E-state index in [9.17, 15) is 44.4 Å². The summed E-state index contributed by atoms with van der Waals surface area (Å²) in [6, 6.07) is 0.299. The highest BCUT2D eigenvalue weighted by Gasteiger charge is 2.50. The number of esters is 1. The Balaban J connectivity index is 0.00000115. The Morgan fingerprint density at radius 2 is 1.58 bits per heavy atom. The molecule has 0 aliphatic carbocycles. The van der Waals surface area contributed by atoms with Gasteiger partial charge in [0, 0.05) is 99.9 Å². The highest BCUT2D eigenvalue weighted by molar-refractivity contribution is 6.19. The van der Waals surface area contributed by atoms with Gasteiger partial charge in [0.15, 0.2) is 11.4 Å². The minimum atomic E-state index is -1.94. The minimum absolute atomic E-state index is 0.0408. The number of ketones is 1. The van der Waals surface area contributed by atoms with Crippen LogP contribution >= 0.6 is 0 Å². The molecule has 7 N–H and O–H groups in total. The monoisotopic (exact) mass is 1090 g/mol. The molecule has 8 rings (SSSR count). The van der Waals surface area contributed by atoms with Crippen molar-refractivity contribution in [3.63, 3.8) is 0 Å². The van der Waals surface area contributed by atoms with Gasteiger partial charge < -0.3 is 64.9 Å². The van der Waals surface area contributed by atoms with Crippen molar-refractivity contribution < 1.29 is 68.5 Å². The molecule has 6 aliphatic rings. The minimum Gasteiger partial charge on any atom is -0.507 e. The van der Waals surface area contributed by atoms with Crippen molar-refractivity contribution in [2.45, 2.75) is 163 Å². The zero-order valence-electron chi connectivity index (χ0n) is 48.1. The summed E-state index contributed by atoms with van der Waals surface area (Å²) in [5.74, 6) is -6.95. The fourth-order valence-electron chi connectivity index (χ4n) is 10.7. The first-order valence-electron chi connectivity index (χ1n) is 27.2. The number of aromatic hydroxyl groups is 2. The number of anilines is 1. The number of carbonyl (C=O) groups excluding carboxylic acids is 5. The summed E-state index contributed by atoms with van der Waals surface area (Å²) >= 11 is 0. The average molecular weight is 1090 g/mol. The van der Waals surface area contributed by atoms with Crippen LogP contribution in [-0.2, 0) is 33.4 Å². The van der Waals surface area contributed by atoms with Crippen LogP contribution in [0.15, 0.2) is 46.1 Å². The molecule has 6 aliphatic heterocycles. The molecule has 2 aromatic rings. The lowest BCUT2D eigenvalue weighted by atomic mass is 9.79. The molecule has 20 nitrogen and oxygen atoms in total. The topological polar surface area (TPSA) is 279 Å². The maximum absolute atomic E-state index is 14.8. The van der Waals surface area contributed by atoms with E-state index in [0.29, 0.717) is 57.5 Å². The molecule has 2 saturated heterocycles. The standard InChI is InChI=1S/C52H72N6O11.C5H10O2.CH4O/c1-27(2)26-57-22-18-52(19-23-57)55-40-37-38-45(63)33(8)48-39(37)49(65)51(9,69-48)67-24-12-15-29(4)47(68-36(60)25-35(59)58-20-16-34(53-10)17-21-58)32(7)44(62)31(6)43(61)28(3)13-11-14-30(5)50(66)54-42(46(38)64)41(40)56-52;1-5(2,3)7-4-6;1-2/h11-14,24,27-29,31-32,34,43-44,47,53,61-64H,15-23,25-26H2,1-10H3,(H,54,66);4H,1-3H3;2H,1H3/b13-11+,24-12+,30-14-;;/t28-,29+,31+,32+,43-,44?,47?,51?;;/m0../s1. The van der Waals surface area contributed by atoms with Crippen molar-refractivity contribution in [3.05, 3.63) is 58.0 Å². The number of amides is 2. The molecule has 20 heteroatoms. The second kappa shape index (κ2) is 26.4. The molecule has 0 saturated carbocycles. The van der Waals surface area contributed by atoms with E-state index >= 15 is 0 Å². The molecule has 0 aromatic heterocycles. The predicted molar refractivity (Wildman–Crippen MR) is 294 cm³/mol. The number of aliphatic hydroxyl groups is 3. The molecule has 5 bridgehead atoms. The molecule has 1 spiro atoms. The molecule has 2 fully saturated rings. The number of aliphatic hydroxyl groups excluding tert-OH is 3. The number of benzene rings is 2. The summed E-state index contributed by atoms with van der Waals surface area (Å²) in [6.07, 6.45) is 7.11. The molecule has 2 amide bonds. The first-order valence-corrected chi connectivity index (χ1v) is 27.2. The fraction of sp³-hybridized carbons (Fsp3) is 0.638. The van der Waals surface area contributed by atoms with Crippen LogP contribution in [0.3, 0.4) is 0 Å². The van der Waals surface area contributed by atoms with Crippen molar-refractivity contribution in [3.8, 4) is 17.2 Å². The average Bonchev–Trinajstić information content (AvgIpc) is 3.95. The largest absolute Gasteiger partial charge is 0.507 e. The van der Waals surface area contributed by atoms with E-state index in [0.717, 1.165) is 26.5 Å². The van der Waals surface area contributed by atoms with Crippen LogP contribution in [0.2, 0.25) is 0 Å². The van der Waals surface area contributed by atoms with Gasteiger partial charge in [0.05, 0.1) is 34.8 Å². The second-order valence-electron chi connectivity index (χ2n) is 23.0. The number of Topliss-reactive ketones (excluding diaryl/α,β-unsaturated/α-hetero) is 1. The second-order valence-corrected chi connectivity index (χ2v) is 23.0. The Hall–Kier alpha value is -5.93. The number of nitrogens with zero attached hydrogens (tertiary/aromatic N) is 4. The number of rotatable bonds is 7. The number of allylic oxidation sites excluding steroid dienone is 3. The van der Waals surface area contributed by atoms with Gasteiger partial charge in [0.2, 0.25) is 5.91 Å². The van der Waals surface area contributed by atoms with Crippen LogP contribution in [0.25, 0.3) is 10.8 Å². The lowest BCUT2D eigenvalue weighted by molar-refractivity contribution is -0.162. The van der Waals surface area contributed by atoms with Crippen LogP contribution in [0.1, 0.15) is 131 Å². The van der Waals surface area contributed by atoms with E-state index in [4.69, 9.17) is 29.3 Å². The number of phenolic OH excluding ortho intramolecular Hbond substituents is 2. The Bertz CT molecular complexity index is 2740. The fourth-order valence-corrected chi connectivity index (χ4v) is 10.7. The van der Waals surface area contributed by atoms with Crippen molar-refractivity contribution in [2.75, 3.05) is 52.2 Å². The van der Waals surface area contributed by atoms with Gasteiger partial charge >= 0.3 is 11.8 Å². The van der Waals surface area contributed by atoms with E-state index in [1.807, 2.05) is 34.7 Å². The predicted octanol–water partition coefficient (Wildman–Crippen LogP) is 5.27. The third kappa shape index (κ3) is 14.3. The smallest absolute Gasteiger partial charge is 0.315 e. The lowest BCUT2D eigenvalue weighted by Gasteiger charge is -2.36. The summed E-state index contributed by atoms with van der Waals surface area (Å²) in [5.41, 5.74) is -0.904. The highest BCUT2D eigenvalue weighted by atomic mass is 16.7. The molecular weight excluding hydrogens is 1000 g/mol. The van der Waals surface area contributed by atoms with E-state index in [-0.39, 0.29) is 73.3 Å². The maximum atomic E-state index is 14.8. The van der Waals surface area contributed by atoms with Gasteiger partial charge in [-0.1, -0.05) is 59.8 Å². The van der Waals surface area contributed by atoms with Crippen LogP contribution in [0.4, 0.5) is 5.69 Å². The maximum Gasteiger partial charge on any atom is 0.315 e. The Morgan fingerprint density at radius 3 is 2.15 bits per heavy atom. The summed E-state index contributed by atoms with van der Waals surface area (Å²) in [5, 5.41) is 60.9. The normalized spacial score (nSPS) is 28.3. The van der Waals surface area contributed by atoms with Gasteiger partial charge in [-0.15, -0.1) is 0 Å². The number of ether oxygens (including phenoxy) is 4. The summed E-state index contributed by atoms with van der Waals surface area (Å²) in [7, 11) is 2.89. The Kier molecular flexibility index (Phi) is 21.3. The molecule has 8 atom stereocenters. The number of piperidine rings is 2. The summed E-state index contributed by atoms with van der Waals surface area (Å²) < 4.78 is 23.1. The van der Waals surface area contributed by atoms with E-state index in [1.54, 1.807) is 63.8 Å². The number of carbonyl (C=O) groups is 5. The van der Waals surface area contributed by atoms with Gasteiger partial charge in [0.25, 0.3) is 18.2 Å². The first kappa shape index (κ1) is 62.9. The van der Waals surface area contributed by atoms with Gasteiger partial charge in [-0.05, 0) is 78.8 Å². The number of fused-ring (bicyclic) bond motifs is 13. The van der Waals surface area contributed by atoms with Crippen LogP contribution in [-0.4, -0.2) is 154 Å². The first-order chi connectivity index (χ1) is 36.7. The van der Waals surface area contributed by atoms with Gasteiger partial charge in [-0.3, -0.25) is 34.0 Å². The van der Waals surface area contributed by atoms with Gasteiger partial charge in [0.1, 0.15) is 40.7 Å².